The highest BCUT2D eigenvalue weighted by atomic mass is 16.4. The van der Waals surface area contributed by atoms with Crippen LogP contribution in [0.2, 0.25) is 0 Å². The highest BCUT2D eigenvalue weighted by Crippen LogP contribution is 1.74. The third-order valence-corrected chi connectivity index (χ3v) is 0.983. The van der Waals surface area contributed by atoms with Gasteiger partial charge in [0.2, 0.25) is 0 Å². The van der Waals surface area contributed by atoms with E-state index in [1.807, 2.05) is 24.3 Å². The van der Waals surface area contributed by atoms with Gasteiger partial charge in [0, 0.05) is 0 Å². The van der Waals surface area contributed by atoms with Crippen LogP contribution in [0.3, 0.4) is 0 Å². The lowest BCUT2D eigenvalue weighted by Crippen LogP contribution is -1.92. The fraction of sp³-hybridized carbons (Fsp3) is 0. The first-order valence-electron chi connectivity index (χ1n) is 2.67. The van der Waals surface area contributed by atoms with Gasteiger partial charge in [-0.05, 0) is 12.1 Å². The molecule has 0 heterocycles. The summed E-state index contributed by atoms with van der Waals surface area (Å²) >= 11 is 0. The Labute approximate surface area is 53.1 Å². The second kappa shape index (κ2) is 2.87. The highest BCUT2D eigenvalue weighted by molar-refractivity contribution is 4.99. The van der Waals surface area contributed by atoms with E-state index in [1.54, 1.807) is 12.1 Å². The Hall–Kier alpha value is -1.31. The maximum atomic E-state index is 8.27. The minimum Gasteiger partial charge on any atom is -0.410 e. The van der Waals surface area contributed by atoms with Crippen molar-refractivity contribution in [2.24, 2.45) is 5.16 Å². The lowest BCUT2D eigenvalue weighted by atomic mass is 10.5. The molecule has 0 saturated heterocycles. The van der Waals surface area contributed by atoms with Crippen LogP contribution in [0.4, 0.5) is 0 Å². The summed E-state index contributed by atoms with van der Waals surface area (Å²) in [5, 5.41) is 11.9. The summed E-state index contributed by atoms with van der Waals surface area (Å²) in [7, 11) is 0. The van der Waals surface area contributed by atoms with Gasteiger partial charge in [0.05, 0.1) is 0 Å². The molecule has 0 unspecified atom stereocenters. The molecular weight excluding hydrogens is 114 g/mol. The van der Waals surface area contributed by atoms with E-state index in [2.05, 4.69) is 5.16 Å². The second-order valence-corrected chi connectivity index (χ2v) is 1.63. The van der Waals surface area contributed by atoms with Crippen LogP contribution in [-0.2, 0) is 0 Å². The summed E-state index contributed by atoms with van der Waals surface area (Å²) in [6, 6.07) is 10.8. The summed E-state index contributed by atoms with van der Waals surface area (Å²) < 4.78 is 0. The van der Waals surface area contributed by atoms with Crippen molar-refractivity contribution in [1.82, 2.24) is 0 Å². The first kappa shape index (κ1) is 5.82. The molecule has 1 N–H and O–H groups in total. The fourth-order valence-corrected chi connectivity index (χ4v) is 0.559. The summed E-state index contributed by atoms with van der Waals surface area (Å²) in [4.78, 5) is 0. The normalized spacial score (nSPS) is 8.44. The van der Waals surface area contributed by atoms with Crippen molar-refractivity contribution >= 4 is 0 Å². The maximum Gasteiger partial charge on any atom is 0.102 e. The molecule has 1 aromatic rings. The zero-order valence-corrected chi connectivity index (χ0v) is 4.86. The minimum absolute atomic E-state index is 0.569. The van der Waals surface area contributed by atoms with Gasteiger partial charge in [0.15, 0.2) is 0 Å². The van der Waals surface area contributed by atoms with Crippen LogP contribution >= 0.6 is 0 Å². The molecule has 0 fully saturated rings. The van der Waals surface area contributed by atoms with E-state index in [0.29, 0.717) is 5.36 Å². The summed E-state index contributed by atoms with van der Waals surface area (Å²) in [6.07, 6.45) is 0. The van der Waals surface area contributed by atoms with Crippen molar-refractivity contribution in [3.63, 3.8) is 0 Å². The fourth-order valence-electron chi connectivity index (χ4n) is 0.559. The summed E-state index contributed by atoms with van der Waals surface area (Å²) in [5.41, 5.74) is 0. The Morgan fingerprint density at radius 1 is 1.00 bits per heavy atom. The Morgan fingerprint density at radius 2 is 1.56 bits per heavy atom. The van der Waals surface area contributed by atoms with E-state index in [9.17, 15) is 0 Å². The largest absolute Gasteiger partial charge is 0.410 e. The molecule has 0 radical (unpaired) electrons. The van der Waals surface area contributed by atoms with Gasteiger partial charge in [0.1, 0.15) is 5.36 Å². The smallest absolute Gasteiger partial charge is 0.102 e. The molecule has 0 aliphatic heterocycles. The van der Waals surface area contributed by atoms with Crippen LogP contribution in [-0.4, -0.2) is 5.21 Å². The second-order valence-electron chi connectivity index (χ2n) is 1.63. The van der Waals surface area contributed by atoms with Crippen LogP contribution in [0.15, 0.2) is 41.6 Å². The number of hydrogen-bond acceptors (Lipinski definition) is 2. The summed E-state index contributed by atoms with van der Waals surface area (Å²) in [6.45, 7) is 0. The SMILES string of the molecule is ON=c1cccccc1. The molecule has 1 aromatic carbocycles. The minimum atomic E-state index is 0.569. The van der Waals surface area contributed by atoms with Crippen molar-refractivity contribution in [1.29, 1.82) is 0 Å². The number of nitrogens with zero attached hydrogens (tertiary/aromatic N) is 1. The third kappa shape index (κ3) is 1.57. The Morgan fingerprint density at radius 3 is 2.00 bits per heavy atom. The predicted octanol–water partition coefficient (Wildman–Crippen LogP) is 0.977. The number of hydrogen-bond donors (Lipinski definition) is 1. The van der Waals surface area contributed by atoms with E-state index in [-0.39, 0.29) is 0 Å². The summed E-state index contributed by atoms with van der Waals surface area (Å²) in [5.74, 6) is 0. The van der Waals surface area contributed by atoms with E-state index in [0.717, 1.165) is 0 Å². The molecule has 1 rings (SSSR count). The van der Waals surface area contributed by atoms with Gasteiger partial charge in [-0.25, -0.2) is 0 Å². The maximum absolute atomic E-state index is 8.27. The predicted molar refractivity (Wildman–Crippen MR) is 33.8 cm³/mol. The molecule has 0 aliphatic carbocycles. The average molecular weight is 121 g/mol. The van der Waals surface area contributed by atoms with Crippen LogP contribution in [0.1, 0.15) is 0 Å². The number of rotatable bonds is 0. The van der Waals surface area contributed by atoms with Crippen molar-refractivity contribution in [3.8, 4) is 0 Å². The van der Waals surface area contributed by atoms with Gasteiger partial charge < -0.3 is 5.21 Å². The molecule has 0 spiro atoms. The third-order valence-electron chi connectivity index (χ3n) is 0.983. The molecule has 0 aromatic heterocycles. The molecular formula is C7H7NO. The molecule has 0 amide bonds. The van der Waals surface area contributed by atoms with Crippen LogP contribution in [0.5, 0.6) is 0 Å². The molecule has 0 bridgehead atoms. The van der Waals surface area contributed by atoms with Crippen molar-refractivity contribution in [2.75, 3.05) is 0 Å². The van der Waals surface area contributed by atoms with Gasteiger partial charge in [-0.15, -0.1) is 0 Å². The van der Waals surface area contributed by atoms with Gasteiger partial charge in [-0.3, -0.25) is 0 Å². The van der Waals surface area contributed by atoms with Gasteiger partial charge >= 0.3 is 0 Å². The van der Waals surface area contributed by atoms with E-state index in [4.69, 9.17) is 5.21 Å². The van der Waals surface area contributed by atoms with Crippen LogP contribution in [0.25, 0.3) is 0 Å². The van der Waals surface area contributed by atoms with E-state index < -0.39 is 0 Å². The zero-order chi connectivity index (χ0) is 6.53. The van der Waals surface area contributed by atoms with Crippen molar-refractivity contribution in [2.45, 2.75) is 0 Å². The molecule has 9 heavy (non-hydrogen) atoms. The standard InChI is InChI=1S/C7H7NO/c9-8-7-5-3-1-2-4-6-7/h1-6,9H. The molecule has 2 heteroatoms. The first-order valence-corrected chi connectivity index (χ1v) is 2.67. The Kier molecular flexibility index (Phi) is 1.85. The van der Waals surface area contributed by atoms with Crippen LogP contribution < -0.4 is 5.36 Å². The van der Waals surface area contributed by atoms with Gasteiger partial charge in [-0.2, -0.15) is 0 Å². The highest BCUT2D eigenvalue weighted by Gasteiger charge is 1.70. The molecule has 46 valence electrons. The average Bonchev–Trinajstić information content (AvgIpc) is 2.13. The molecule has 0 saturated carbocycles. The lowest BCUT2D eigenvalue weighted by molar-refractivity contribution is 0.302. The first-order chi connectivity index (χ1) is 4.43. The Balaban J connectivity index is 3.28. The van der Waals surface area contributed by atoms with Crippen LogP contribution in [0, 0.1) is 0 Å². The van der Waals surface area contributed by atoms with Crippen molar-refractivity contribution in [3.05, 3.63) is 41.8 Å². The van der Waals surface area contributed by atoms with E-state index in [1.165, 1.54) is 0 Å². The molecule has 0 atom stereocenters. The van der Waals surface area contributed by atoms with Crippen molar-refractivity contribution < 1.29 is 5.21 Å². The molecule has 0 aliphatic rings. The zero-order valence-electron chi connectivity index (χ0n) is 4.86. The lowest BCUT2D eigenvalue weighted by Gasteiger charge is -1.68. The quantitative estimate of drug-likeness (QED) is 0.402. The molecule has 2 nitrogen and oxygen atoms in total. The van der Waals surface area contributed by atoms with E-state index >= 15 is 0 Å². The monoisotopic (exact) mass is 121 g/mol. The van der Waals surface area contributed by atoms with Gasteiger partial charge in [0.25, 0.3) is 0 Å². The van der Waals surface area contributed by atoms with Gasteiger partial charge in [-0.1, -0.05) is 29.4 Å². The topological polar surface area (TPSA) is 32.6 Å². The Bertz CT molecular complexity index is 222.